The Labute approximate surface area is 211 Å². The molecule has 176 valence electrons. The number of benzene rings is 4. The summed E-state index contributed by atoms with van der Waals surface area (Å²) in [6.07, 6.45) is 0.751. The number of esters is 1. The van der Waals surface area contributed by atoms with Gasteiger partial charge in [-0.3, -0.25) is 0 Å². The largest absolute Gasteiger partial charge is 0.490 e. The summed E-state index contributed by atoms with van der Waals surface area (Å²) in [5, 5.41) is 0. The molecule has 0 saturated heterocycles. The fourth-order valence-electron chi connectivity index (χ4n) is 3.94. The molecule has 0 bridgehead atoms. The molecule has 3 nitrogen and oxygen atoms in total. The maximum absolute atomic E-state index is 12.1. The second kappa shape index (κ2) is 12.6. The van der Waals surface area contributed by atoms with Gasteiger partial charge < -0.3 is 9.47 Å². The van der Waals surface area contributed by atoms with E-state index < -0.39 is 0 Å². The Kier molecular flexibility index (Phi) is 8.74. The number of halogens is 1. The summed E-state index contributed by atoms with van der Waals surface area (Å²) in [5.41, 5.74) is 6.27. The van der Waals surface area contributed by atoms with Crippen LogP contribution < -0.4 is 4.74 Å². The van der Waals surface area contributed by atoms with Gasteiger partial charge in [-0.05, 0) is 58.5 Å². The highest BCUT2D eigenvalue weighted by Gasteiger charge is 2.14. The van der Waals surface area contributed by atoms with Crippen molar-refractivity contribution in [3.05, 3.63) is 138 Å². The molecule has 0 heterocycles. The smallest absolute Gasteiger partial charge is 0.338 e. The lowest BCUT2D eigenvalue weighted by Crippen LogP contribution is -2.12. The SMILES string of the molecule is O=C(OCCOc1ccc(/C(=C(/CCCl)c2ccccc2)c2ccccc2)cc1)c1ccccc1. The van der Waals surface area contributed by atoms with Gasteiger partial charge in [0.2, 0.25) is 0 Å². The second-order valence-electron chi connectivity index (χ2n) is 7.90. The van der Waals surface area contributed by atoms with Crippen LogP contribution in [0, 0.1) is 0 Å². The number of alkyl halides is 1. The van der Waals surface area contributed by atoms with Crippen LogP contribution in [0.3, 0.4) is 0 Å². The first kappa shape index (κ1) is 24.3. The molecule has 4 aromatic rings. The Morgan fingerprint density at radius 2 is 1.11 bits per heavy atom. The molecule has 0 spiro atoms. The van der Waals surface area contributed by atoms with Crippen LogP contribution in [-0.4, -0.2) is 25.1 Å². The first-order valence-electron chi connectivity index (χ1n) is 11.6. The van der Waals surface area contributed by atoms with Gasteiger partial charge in [-0.1, -0.05) is 91.0 Å². The third-order valence-electron chi connectivity index (χ3n) is 5.57. The van der Waals surface area contributed by atoms with E-state index in [4.69, 9.17) is 21.1 Å². The predicted octanol–water partition coefficient (Wildman–Crippen LogP) is 7.51. The van der Waals surface area contributed by atoms with Gasteiger partial charge in [0.25, 0.3) is 0 Å². The van der Waals surface area contributed by atoms with E-state index in [1.807, 2.05) is 66.7 Å². The number of rotatable bonds is 10. The zero-order chi connectivity index (χ0) is 24.3. The number of carbonyl (C=O) groups is 1. The van der Waals surface area contributed by atoms with Crippen molar-refractivity contribution in [1.82, 2.24) is 0 Å². The lowest BCUT2D eigenvalue weighted by molar-refractivity contribution is 0.0450. The molecule has 4 aromatic carbocycles. The monoisotopic (exact) mass is 482 g/mol. The van der Waals surface area contributed by atoms with E-state index in [0.717, 1.165) is 34.4 Å². The Hall–Kier alpha value is -3.82. The highest BCUT2D eigenvalue weighted by Crippen LogP contribution is 2.35. The maximum Gasteiger partial charge on any atom is 0.338 e. The van der Waals surface area contributed by atoms with E-state index in [9.17, 15) is 4.79 Å². The van der Waals surface area contributed by atoms with Gasteiger partial charge in [0.05, 0.1) is 5.56 Å². The molecular weight excluding hydrogens is 456 g/mol. The van der Waals surface area contributed by atoms with E-state index in [-0.39, 0.29) is 19.2 Å². The lowest BCUT2D eigenvalue weighted by atomic mass is 9.88. The second-order valence-corrected chi connectivity index (χ2v) is 8.28. The van der Waals surface area contributed by atoms with Gasteiger partial charge in [0.1, 0.15) is 19.0 Å². The Morgan fingerprint density at radius 3 is 1.69 bits per heavy atom. The van der Waals surface area contributed by atoms with Crippen LogP contribution in [0.25, 0.3) is 11.1 Å². The molecule has 4 rings (SSSR count). The van der Waals surface area contributed by atoms with E-state index in [1.165, 1.54) is 5.57 Å². The first-order chi connectivity index (χ1) is 17.3. The van der Waals surface area contributed by atoms with Gasteiger partial charge in [-0.2, -0.15) is 0 Å². The van der Waals surface area contributed by atoms with Crippen LogP contribution in [-0.2, 0) is 4.74 Å². The summed E-state index contributed by atoms with van der Waals surface area (Å²) in [6.45, 7) is 0.458. The molecule has 0 aliphatic heterocycles. The standard InChI is InChI=1S/C31H27ClO3/c32-21-20-29(24-10-4-1-5-11-24)30(25-12-6-2-7-13-25)26-16-18-28(19-17-26)34-22-23-35-31(33)27-14-8-3-9-15-27/h1-19H,20-23H2/b30-29-. The molecule has 0 fully saturated rings. The highest BCUT2D eigenvalue weighted by molar-refractivity contribution is 6.18. The molecule has 0 saturated carbocycles. The van der Waals surface area contributed by atoms with Gasteiger partial charge in [-0.25, -0.2) is 4.79 Å². The molecule has 35 heavy (non-hydrogen) atoms. The van der Waals surface area contributed by atoms with Crippen LogP contribution in [0.2, 0.25) is 0 Å². The summed E-state index contributed by atoms with van der Waals surface area (Å²) in [6, 6.07) is 37.7. The summed E-state index contributed by atoms with van der Waals surface area (Å²) in [4.78, 5) is 12.1. The molecule has 0 aliphatic rings. The van der Waals surface area contributed by atoms with Crippen LogP contribution in [0.1, 0.15) is 33.5 Å². The molecule has 0 N–H and O–H groups in total. The molecule has 0 atom stereocenters. The molecule has 0 aromatic heterocycles. The average Bonchev–Trinajstić information content (AvgIpc) is 2.93. The first-order valence-corrected chi connectivity index (χ1v) is 12.1. The zero-order valence-corrected chi connectivity index (χ0v) is 20.2. The fourth-order valence-corrected chi connectivity index (χ4v) is 4.13. The van der Waals surface area contributed by atoms with Gasteiger partial charge in [-0.15, -0.1) is 11.6 Å². The normalized spacial score (nSPS) is 11.5. The third kappa shape index (κ3) is 6.62. The summed E-state index contributed by atoms with van der Waals surface area (Å²) in [7, 11) is 0. The van der Waals surface area contributed by atoms with Gasteiger partial charge >= 0.3 is 5.97 Å². The molecule has 4 heteroatoms. The lowest BCUT2D eigenvalue weighted by Gasteiger charge is -2.17. The Morgan fingerprint density at radius 1 is 0.600 bits per heavy atom. The van der Waals surface area contributed by atoms with Crippen molar-refractivity contribution >= 4 is 28.7 Å². The van der Waals surface area contributed by atoms with Crippen LogP contribution in [0.15, 0.2) is 115 Å². The fraction of sp³-hybridized carbons (Fsp3) is 0.129. The Bertz CT molecular complexity index is 1230. The number of hydrogen-bond donors (Lipinski definition) is 0. The molecule has 0 aliphatic carbocycles. The van der Waals surface area contributed by atoms with Crippen LogP contribution in [0.5, 0.6) is 5.75 Å². The van der Waals surface area contributed by atoms with Crippen LogP contribution in [0.4, 0.5) is 0 Å². The minimum Gasteiger partial charge on any atom is -0.490 e. The molecular formula is C31H27ClO3. The number of carbonyl (C=O) groups excluding carboxylic acids is 1. The van der Waals surface area contributed by atoms with Crippen molar-refractivity contribution in [2.75, 3.05) is 19.1 Å². The summed E-state index contributed by atoms with van der Waals surface area (Å²) in [5.74, 6) is 0.897. The number of allylic oxidation sites excluding steroid dienone is 1. The minimum atomic E-state index is -0.352. The van der Waals surface area contributed by atoms with E-state index in [0.29, 0.717) is 11.4 Å². The summed E-state index contributed by atoms with van der Waals surface area (Å²) >= 11 is 6.23. The quantitative estimate of drug-likeness (QED) is 0.101. The van der Waals surface area contributed by atoms with Crippen molar-refractivity contribution in [3.63, 3.8) is 0 Å². The van der Waals surface area contributed by atoms with Crippen molar-refractivity contribution in [3.8, 4) is 5.75 Å². The van der Waals surface area contributed by atoms with Gasteiger partial charge in [0, 0.05) is 5.88 Å². The molecule has 0 unspecified atom stereocenters. The highest BCUT2D eigenvalue weighted by atomic mass is 35.5. The maximum atomic E-state index is 12.1. The molecule has 0 radical (unpaired) electrons. The van der Waals surface area contributed by atoms with Crippen molar-refractivity contribution in [2.45, 2.75) is 6.42 Å². The number of hydrogen-bond acceptors (Lipinski definition) is 3. The predicted molar refractivity (Wildman–Crippen MR) is 143 cm³/mol. The van der Waals surface area contributed by atoms with E-state index >= 15 is 0 Å². The van der Waals surface area contributed by atoms with E-state index in [2.05, 4.69) is 36.4 Å². The minimum absolute atomic E-state index is 0.179. The number of ether oxygens (including phenoxy) is 2. The topological polar surface area (TPSA) is 35.5 Å². The average molecular weight is 483 g/mol. The van der Waals surface area contributed by atoms with Crippen LogP contribution >= 0.6 is 11.6 Å². The van der Waals surface area contributed by atoms with Crippen molar-refractivity contribution in [1.29, 1.82) is 0 Å². The zero-order valence-electron chi connectivity index (χ0n) is 19.4. The third-order valence-corrected chi connectivity index (χ3v) is 5.76. The van der Waals surface area contributed by atoms with Gasteiger partial charge in [0.15, 0.2) is 0 Å². The van der Waals surface area contributed by atoms with Crippen molar-refractivity contribution in [2.24, 2.45) is 0 Å². The van der Waals surface area contributed by atoms with Crippen molar-refractivity contribution < 1.29 is 14.3 Å². The summed E-state index contributed by atoms with van der Waals surface area (Å²) < 4.78 is 11.1. The Balaban J connectivity index is 1.51. The molecule has 0 amide bonds. The van der Waals surface area contributed by atoms with E-state index in [1.54, 1.807) is 12.1 Å².